The van der Waals surface area contributed by atoms with Crippen molar-refractivity contribution in [1.82, 2.24) is 4.72 Å². The van der Waals surface area contributed by atoms with Crippen LogP contribution in [-0.2, 0) is 14.8 Å². The summed E-state index contributed by atoms with van der Waals surface area (Å²) in [6.45, 7) is 4.17. The minimum Gasteiger partial charge on any atom is -0.384 e. The van der Waals surface area contributed by atoms with Crippen molar-refractivity contribution in [3.8, 4) is 0 Å². The van der Waals surface area contributed by atoms with E-state index in [1.165, 1.54) is 7.11 Å². The zero-order chi connectivity index (χ0) is 11.2. The third kappa shape index (κ3) is 4.90. The predicted octanol–water partition coefficient (Wildman–Crippen LogP) is -0.320. The van der Waals surface area contributed by atoms with Crippen LogP contribution in [0.1, 0.15) is 20.3 Å². The number of hydrogen-bond acceptors (Lipinski definition) is 4. The Kier molecular flexibility index (Phi) is 5.58. The largest absolute Gasteiger partial charge is 0.384 e. The number of methoxy groups -OCH3 is 1. The average molecular weight is 224 g/mol. The number of hydrogen-bond donors (Lipinski definition) is 2. The zero-order valence-corrected chi connectivity index (χ0v) is 9.86. The highest BCUT2D eigenvalue weighted by atomic mass is 32.2. The highest BCUT2D eigenvalue weighted by Gasteiger charge is 2.25. The molecule has 0 saturated carbocycles. The smallest absolute Gasteiger partial charge is 0.214 e. The van der Waals surface area contributed by atoms with Gasteiger partial charge in [0, 0.05) is 19.2 Å². The number of rotatable bonds is 7. The zero-order valence-electron chi connectivity index (χ0n) is 9.04. The second-order valence-corrected chi connectivity index (χ2v) is 5.37. The summed E-state index contributed by atoms with van der Waals surface area (Å²) in [4.78, 5) is 0. The van der Waals surface area contributed by atoms with Crippen molar-refractivity contribution in [2.45, 2.75) is 25.8 Å². The van der Waals surface area contributed by atoms with Crippen LogP contribution in [0.25, 0.3) is 0 Å². The third-order valence-electron chi connectivity index (χ3n) is 2.19. The quantitative estimate of drug-likeness (QED) is 0.621. The van der Waals surface area contributed by atoms with E-state index in [4.69, 9.17) is 10.5 Å². The third-order valence-corrected chi connectivity index (χ3v) is 3.70. The van der Waals surface area contributed by atoms with Crippen LogP contribution in [0.4, 0.5) is 0 Å². The van der Waals surface area contributed by atoms with E-state index in [2.05, 4.69) is 4.72 Å². The lowest BCUT2D eigenvalue weighted by Gasteiger charge is -2.27. The Labute approximate surface area is 86.1 Å². The van der Waals surface area contributed by atoms with E-state index in [9.17, 15) is 8.42 Å². The second kappa shape index (κ2) is 5.65. The van der Waals surface area contributed by atoms with Crippen LogP contribution in [0.5, 0.6) is 0 Å². The van der Waals surface area contributed by atoms with Gasteiger partial charge in [-0.05, 0) is 13.3 Å². The maximum absolute atomic E-state index is 11.5. The lowest BCUT2D eigenvalue weighted by Crippen LogP contribution is -2.51. The monoisotopic (exact) mass is 224 g/mol. The average Bonchev–Trinajstić information content (AvgIpc) is 2.14. The molecule has 6 heteroatoms. The van der Waals surface area contributed by atoms with Crippen LogP contribution in [0.15, 0.2) is 0 Å². The molecule has 0 amide bonds. The summed E-state index contributed by atoms with van der Waals surface area (Å²) < 4.78 is 30.2. The molecule has 0 heterocycles. The van der Waals surface area contributed by atoms with E-state index in [1.54, 1.807) is 6.92 Å². The molecule has 86 valence electrons. The van der Waals surface area contributed by atoms with Gasteiger partial charge in [0.2, 0.25) is 10.0 Å². The lowest BCUT2D eigenvalue weighted by molar-refractivity contribution is 0.216. The molecule has 0 aromatic carbocycles. The highest BCUT2D eigenvalue weighted by Crippen LogP contribution is 2.08. The van der Waals surface area contributed by atoms with Gasteiger partial charge in [0.05, 0.1) is 12.4 Å². The summed E-state index contributed by atoms with van der Waals surface area (Å²) >= 11 is 0. The molecule has 0 spiro atoms. The van der Waals surface area contributed by atoms with Gasteiger partial charge in [0.15, 0.2) is 0 Å². The van der Waals surface area contributed by atoms with E-state index < -0.39 is 15.6 Å². The fourth-order valence-electron chi connectivity index (χ4n) is 0.878. The van der Waals surface area contributed by atoms with Gasteiger partial charge in [-0.25, -0.2) is 13.1 Å². The minimum absolute atomic E-state index is 0.0287. The maximum Gasteiger partial charge on any atom is 0.214 e. The minimum atomic E-state index is -3.28. The molecule has 0 aliphatic rings. The molecule has 0 saturated heterocycles. The first-order valence-electron chi connectivity index (χ1n) is 4.60. The molecule has 0 aromatic rings. The fourth-order valence-corrected chi connectivity index (χ4v) is 2.34. The molecule has 0 bridgehead atoms. The fraction of sp³-hybridized carbons (Fsp3) is 1.00. The lowest BCUT2D eigenvalue weighted by atomic mass is 10.0. The molecule has 5 nitrogen and oxygen atoms in total. The molecular formula is C8H20N2O3S. The molecule has 1 atom stereocenters. The van der Waals surface area contributed by atoms with E-state index in [0.29, 0.717) is 6.42 Å². The molecule has 0 rings (SSSR count). The Morgan fingerprint density at radius 2 is 2.07 bits per heavy atom. The SMILES string of the molecule is CCC(C)(CN)NS(=O)(=O)CCOC. The van der Waals surface area contributed by atoms with Gasteiger partial charge in [-0.3, -0.25) is 0 Å². The normalized spacial score (nSPS) is 16.6. The Bertz CT molecular complexity index is 247. The summed E-state index contributed by atoms with van der Waals surface area (Å²) in [6, 6.07) is 0. The van der Waals surface area contributed by atoms with Gasteiger partial charge in [0.1, 0.15) is 0 Å². The second-order valence-electron chi connectivity index (χ2n) is 3.53. The molecule has 0 aromatic heterocycles. The van der Waals surface area contributed by atoms with Crippen LogP contribution in [-0.4, -0.2) is 40.0 Å². The standard InChI is InChI=1S/C8H20N2O3S/c1-4-8(2,7-9)10-14(11,12)6-5-13-3/h10H,4-7,9H2,1-3H3. The maximum atomic E-state index is 11.5. The van der Waals surface area contributed by atoms with Crippen molar-refractivity contribution in [2.75, 3.05) is 26.0 Å². The van der Waals surface area contributed by atoms with Gasteiger partial charge in [-0.2, -0.15) is 0 Å². The van der Waals surface area contributed by atoms with Crippen molar-refractivity contribution in [2.24, 2.45) is 5.73 Å². The summed E-state index contributed by atoms with van der Waals surface area (Å²) in [7, 11) is -1.81. The molecule has 0 radical (unpaired) electrons. The van der Waals surface area contributed by atoms with Crippen LogP contribution in [0.3, 0.4) is 0 Å². The number of nitrogens with one attached hydrogen (secondary N) is 1. The van der Waals surface area contributed by atoms with Crippen LogP contribution < -0.4 is 10.5 Å². The molecule has 14 heavy (non-hydrogen) atoms. The van der Waals surface area contributed by atoms with Gasteiger partial charge in [-0.15, -0.1) is 0 Å². The van der Waals surface area contributed by atoms with Gasteiger partial charge in [0.25, 0.3) is 0 Å². The van der Waals surface area contributed by atoms with Gasteiger partial charge < -0.3 is 10.5 Å². The van der Waals surface area contributed by atoms with Crippen molar-refractivity contribution >= 4 is 10.0 Å². The summed E-state index contributed by atoms with van der Waals surface area (Å²) in [5, 5.41) is 0. The van der Waals surface area contributed by atoms with Crippen molar-refractivity contribution in [3.63, 3.8) is 0 Å². The first-order chi connectivity index (χ1) is 6.39. The van der Waals surface area contributed by atoms with Crippen LogP contribution in [0.2, 0.25) is 0 Å². The number of ether oxygens (including phenoxy) is 1. The van der Waals surface area contributed by atoms with Crippen molar-refractivity contribution in [3.05, 3.63) is 0 Å². The van der Waals surface area contributed by atoms with E-state index in [-0.39, 0.29) is 18.9 Å². The van der Waals surface area contributed by atoms with Crippen LogP contribution >= 0.6 is 0 Å². The first-order valence-corrected chi connectivity index (χ1v) is 6.25. The van der Waals surface area contributed by atoms with E-state index in [0.717, 1.165) is 0 Å². The summed E-state index contributed by atoms with van der Waals surface area (Å²) in [5.74, 6) is -0.0287. The molecule has 1 unspecified atom stereocenters. The molecular weight excluding hydrogens is 204 g/mol. The van der Waals surface area contributed by atoms with E-state index >= 15 is 0 Å². The van der Waals surface area contributed by atoms with Crippen molar-refractivity contribution < 1.29 is 13.2 Å². The van der Waals surface area contributed by atoms with Gasteiger partial charge >= 0.3 is 0 Å². The molecule has 0 aliphatic heterocycles. The first kappa shape index (κ1) is 13.8. The molecule has 3 N–H and O–H groups in total. The Morgan fingerprint density at radius 3 is 2.43 bits per heavy atom. The van der Waals surface area contributed by atoms with Gasteiger partial charge in [-0.1, -0.05) is 6.92 Å². The van der Waals surface area contributed by atoms with E-state index in [1.807, 2.05) is 6.92 Å². The Morgan fingerprint density at radius 1 is 1.50 bits per heavy atom. The summed E-state index contributed by atoms with van der Waals surface area (Å²) in [6.07, 6.45) is 0.662. The molecule has 0 aliphatic carbocycles. The van der Waals surface area contributed by atoms with Crippen molar-refractivity contribution in [1.29, 1.82) is 0 Å². The highest BCUT2D eigenvalue weighted by molar-refractivity contribution is 7.89. The van der Waals surface area contributed by atoms with Crippen LogP contribution in [0, 0.1) is 0 Å². The molecule has 0 fully saturated rings. The number of sulfonamides is 1. The topological polar surface area (TPSA) is 81.4 Å². The number of nitrogens with two attached hydrogens (primary N) is 1. The predicted molar refractivity (Wildman–Crippen MR) is 56.5 cm³/mol. The summed E-state index contributed by atoms with van der Waals surface area (Å²) in [5.41, 5.74) is 4.95. The Balaban J connectivity index is 4.33. The Hall–Kier alpha value is -0.170.